The average Bonchev–Trinajstić information content (AvgIpc) is 3.04. The summed E-state index contributed by atoms with van der Waals surface area (Å²) in [4.78, 5) is 10.2. The molecule has 1 aromatic carbocycles. The molecule has 0 saturated carbocycles. The van der Waals surface area contributed by atoms with Crippen molar-refractivity contribution in [3.05, 3.63) is 41.5 Å². The maximum absolute atomic E-state index is 9.54. The molecule has 0 radical (unpaired) electrons. The summed E-state index contributed by atoms with van der Waals surface area (Å²) < 4.78 is 5.18. The van der Waals surface area contributed by atoms with Gasteiger partial charge in [0, 0.05) is 18.1 Å². The molecule has 0 aliphatic carbocycles. The normalized spacial score (nSPS) is 12.5. The van der Waals surface area contributed by atoms with Gasteiger partial charge in [-0.15, -0.1) is 11.3 Å². The smallest absolute Gasteiger partial charge is 0.158 e. The maximum atomic E-state index is 9.54. The van der Waals surface area contributed by atoms with Gasteiger partial charge in [0.25, 0.3) is 0 Å². The van der Waals surface area contributed by atoms with Gasteiger partial charge in [-0.05, 0) is 12.0 Å². The molecule has 6 heteroatoms. The van der Waals surface area contributed by atoms with Crippen LogP contribution in [-0.4, -0.2) is 34.8 Å². The van der Waals surface area contributed by atoms with E-state index in [0.29, 0.717) is 12.4 Å². The van der Waals surface area contributed by atoms with E-state index < -0.39 is 0 Å². The topological polar surface area (TPSA) is 67.3 Å². The fraction of sp³-hybridized carbons (Fsp3) is 0.333. The minimum Gasteiger partial charge on any atom is -0.394 e. The molecule has 0 aliphatic heterocycles. The van der Waals surface area contributed by atoms with E-state index in [9.17, 15) is 5.11 Å². The molecule has 24 heavy (non-hydrogen) atoms. The Bertz CT molecular complexity index is 801. The molecule has 0 spiro atoms. The van der Waals surface area contributed by atoms with Gasteiger partial charge in [-0.25, -0.2) is 9.97 Å². The second kappa shape index (κ2) is 7.70. The van der Waals surface area contributed by atoms with Crippen LogP contribution >= 0.6 is 11.3 Å². The molecule has 3 aromatic rings. The first kappa shape index (κ1) is 16.8. The Morgan fingerprint density at radius 1 is 1.25 bits per heavy atom. The molecule has 0 aliphatic rings. The number of hydrogen-bond donors (Lipinski definition) is 2. The second-order valence-corrected chi connectivity index (χ2v) is 6.41. The molecule has 3 rings (SSSR count). The molecule has 2 heterocycles. The van der Waals surface area contributed by atoms with Gasteiger partial charge < -0.3 is 15.2 Å². The van der Waals surface area contributed by atoms with Crippen molar-refractivity contribution in [3.8, 4) is 11.1 Å². The zero-order valence-corrected chi connectivity index (χ0v) is 14.6. The third kappa shape index (κ3) is 3.40. The van der Waals surface area contributed by atoms with Gasteiger partial charge in [0.05, 0.1) is 18.0 Å². The molecule has 0 fully saturated rings. The Balaban J connectivity index is 2.15. The van der Waals surface area contributed by atoms with Crippen LogP contribution in [0, 0.1) is 0 Å². The van der Waals surface area contributed by atoms with Crippen molar-refractivity contribution in [1.29, 1.82) is 0 Å². The lowest BCUT2D eigenvalue weighted by atomic mass is 10.1. The molecule has 0 amide bonds. The van der Waals surface area contributed by atoms with Crippen LogP contribution in [0.2, 0.25) is 0 Å². The number of nitrogens with one attached hydrogen (secondary N) is 1. The predicted octanol–water partition coefficient (Wildman–Crippen LogP) is 3.69. The second-order valence-electron chi connectivity index (χ2n) is 5.55. The minimum atomic E-state index is -0.0398. The summed E-state index contributed by atoms with van der Waals surface area (Å²) in [7, 11) is 1.63. The van der Waals surface area contributed by atoms with Crippen LogP contribution in [0.1, 0.15) is 19.2 Å². The highest BCUT2D eigenvalue weighted by Crippen LogP contribution is 2.37. The number of aliphatic hydroxyl groups excluding tert-OH is 1. The Hall–Kier alpha value is -2.02. The number of aliphatic hydroxyl groups is 1. The summed E-state index contributed by atoms with van der Waals surface area (Å²) in [5, 5.41) is 16.0. The Morgan fingerprint density at radius 3 is 2.71 bits per heavy atom. The summed E-state index contributed by atoms with van der Waals surface area (Å²) in [5.41, 5.74) is 2.24. The summed E-state index contributed by atoms with van der Waals surface area (Å²) in [5.74, 6) is 1.40. The predicted molar refractivity (Wildman–Crippen MR) is 98.4 cm³/mol. The van der Waals surface area contributed by atoms with Crippen molar-refractivity contribution in [2.45, 2.75) is 26.0 Å². The number of thiophene rings is 1. The highest BCUT2D eigenvalue weighted by molar-refractivity contribution is 7.17. The van der Waals surface area contributed by atoms with E-state index in [1.165, 1.54) is 0 Å². The van der Waals surface area contributed by atoms with E-state index in [2.05, 4.69) is 32.8 Å². The van der Waals surface area contributed by atoms with Crippen molar-refractivity contribution < 1.29 is 9.84 Å². The van der Waals surface area contributed by atoms with Gasteiger partial charge in [0.1, 0.15) is 17.3 Å². The van der Waals surface area contributed by atoms with E-state index in [0.717, 1.165) is 33.6 Å². The highest BCUT2D eigenvalue weighted by Gasteiger charge is 2.17. The average molecular weight is 343 g/mol. The van der Waals surface area contributed by atoms with Crippen LogP contribution in [0.5, 0.6) is 0 Å². The number of methoxy groups -OCH3 is 1. The lowest BCUT2D eigenvalue weighted by molar-refractivity contribution is 0.178. The maximum Gasteiger partial charge on any atom is 0.158 e. The van der Waals surface area contributed by atoms with Crippen LogP contribution in [0.3, 0.4) is 0 Å². The van der Waals surface area contributed by atoms with Crippen LogP contribution in [0.4, 0.5) is 5.82 Å². The third-order valence-electron chi connectivity index (χ3n) is 3.89. The Kier molecular flexibility index (Phi) is 5.40. The Labute approximate surface area is 145 Å². The van der Waals surface area contributed by atoms with Crippen molar-refractivity contribution in [2.75, 3.05) is 19.0 Å². The number of aromatic nitrogens is 2. The van der Waals surface area contributed by atoms with Crippen LogP contribution in [0.15, 0.2) is 35.7 Å². The summed E-state index contributed by atoms with van der Waals surface area (Å²) >= 11 is 1.60. The Morgan fingerprint density at radius 2 is 2.04 bits per heavy atom. The fourth-order valence-corrected chi connectivity index (χ4v) is 3.55. The zero-order chi connectivity index (χ0) is 16.9. The van der Waals surface area contributed by atoms with E-state index in [-0.39, 0.29) is 12.6 Å². The number of ether oxygens (including phenoxy) is 1. The molecule has 126 valence electrons. The molecule has 2 N–H and O–H groups in total. The summed E-state index contributed by atoms with van der Waals surface area (Å²) in [6, 6.07) is 10.2. The monoisotopic (exact) mass is 343 g/mol. The first-order chi connectivity index (χ1) is 11.8. The quantitative estimate of drug-likeness (QED) is 0.685. The molecule has 0 bridgehead atoms. The van der Waals surface area contributed by atoms with Gasteiger partial charge in [-0.1, -0.05) is 37.3 Å². The van der Waals surface area contributed by atoms with Crippen molar-refractivity contribution in [2.24, 2.45) is 0 Å². The molecular weight excluding hydrogens is 322 g/mol. The summed E-state index contributed by atoms with van der Waals surface area (Å²) in [6.07, 6.45) is 0.812. The van der Waals surface area contributed by atoms with Gasteiger partial charge in [0.15, 0.2) is 5.82 Å². The number of nitrogens with zero attached hydrogens (tertiary/aromatic N) is 2. The largest absolute Gasteiger partial charge is 0.394 e. The SMILES string of the molecule is CC[C@H](CO)Nc1nc(COC)nc2scc(-c3ccccc3)c12. The van der Waals surface area contributed by atoms with Gasteiger partial charge in [-0.2, -0.15) is 0 Å². The van der Waals surface area contributed by atoms with Gasteiger partial charge >= 0.3 is 0 Å². The number of hydrogen-bond acceptors (Lipinski definition) is 6. The molecule has 2 aromatic heterocycles. The lowest BCUT2D eigenvalue weighted by Gasteiger charge is -2.17. The highest BCUT2D eigenvalue weighted by atomic mass is 32.1. The van der Waals surface area contributed by atoms with Crippen molar-refractivity contribution in [1.82, 2.24) is 9.97 Å². The van der Waals surface area contributed by atoms with E-state index in [1.807, 2.05) is 25.1 Å². The lowest BCUT2D eigenvalue weighted by Crippen LogP contribution is -2.23. The van der Waals surface area contributed by atoms with Crippen LogP contribution in [-0.2, 0) is 11.3 Å². The van der Waals surface area contributed by atoms with Crippen molar-refractivity contribution >= 4 is 27.4 Å². The molecular formula is C18H21N3O2S. The molecule has 1 atom stereocenters. The van der Waals surface area contributed by atoms with Crippen LogP contribution in [0.25, 0.3) is 21.3 Å². The molecule has 0 saturated heterocycles. The van der Waals surface area contributed by atoms with Gasteiger partial charge in [0.2, 0.25) is 0 Å². The number of anilines is 1. The van der Waals surface area contributed by atoms with E-state index in [1.54, 1.807) is 18.4 Å². The number of benzene rings is 1. The number of fused-ring (bicyclic) bond motifs is 1. The standard InChI is InChI=1S/C18H21N3O2S/c1-3-13(9-22)19-17-16-14(12-7-5-4-6-8-12)11-24-18(16)21-15(20-17)10-23-2/h4-8,11,13,22H,3,9-10H2,1-2H3,(H,19,20,21)/t13-/m1/s1. The van der Waals surface area contributed by atoms with Crippen LogP contribution < -0.4 is 5.32 Å². The third-order valence-corrected chi connectivity index (χ3v) is 4.76. The first-order valence-electron chi connectivity index (χ1n) is 7.96. The van der Waals surface area contributed by atoms with Gasteiger partial charge in [-0.3, -0.25) is 0 Å². The van der Waals surface area contributed by atoms with E-state index >= 15 is 0 Å². The first-order valence-corrected chi connectivity index (χ1v) is 8.84. The number of rotatable bonds is 7. The van der Waals surface area contributed by atoms with Crippen molar-refractivity contribution in [3.63, 3.8) is 0 Å². The zero-order valence-electron chi connectivity index (χ0n) is 13.8. The van der Waals surface area contributed by atoms with E-state index in [4.69, 9.17) is 4.74 Å². The minimum absolute atomic E-state index is 0.0398. The fourth-order valence-electron chi connectivity index (χ4n) is 2.58. The molecule has 5 nitrogen and oxygen atoms in total. The molecule has 0 unspecified atom stereocenters. The summed E-state index contributed by atoms with van der Waals surface area (Å²) in [6.45, 7) is 2.46.